The number of hydrogen-bond donors (Lipinski definition) is 0. The summed E-state index contributed by atoms with van der Waals surface area (Å²) in [5.41, 5.74) is -1.40. The maximum Gasteiger partial charge on any atom is 0.417 e. The number of aromatic nitrogens is 2. The minimum atomic E-state index is -4.56. The molecule has 0 saturated heterocycles. The highest BCUT2D eigenvalue weighted by molar-refractivity contribution is 5.63. The van der Waals surface area contributed by atoms with E-state index in [9.17, 15) is 17.6 Å². The van der Waals surface area contributed by atoms with Crippen molar-refractivity contribution in [3.63, 3.8) is 0 Å². The predicted molar refractivity (Wildman–Crippen MR) is 51.3 cm³/mol. The van der Waals surface area contributed by atoms with Crippen LogP contribution in [0.2, 0.25) is 0 Å². The van der Waals surface area contributed by atoms with Gasteiger partial charge in [-0.2, -0.15) is 17.6 Å². The van der Waals surface area contributed by atoms with Gasteiger partial charge in [-0.3, -0.25) is 4.98 Å². The Kier molecular flexibility index (Phi) is 2.79. The number of alkyl halides is 3. The Morgan fingerprint density at radius 2 is 1.94 bits per heavy atom. The van der Waals surface area contributed by atoms with Crippen LogP contribution in [-0.2, 0) is 6.18 Å². The van der Waals surface area contributed by atoms with Crippen molar-refractivity contribution >= 4 is 0 Å². The van der Waals surface area contributed by atoms with E-state index in [1.807, 2.05) is 0 Å². The van der Waals surface area contributed by atoms with Gasteiger partial charge in [0.15, 0.2) is 0 Å². The van der Waals surface area contributed by atoms with E-state index < -0.39 is 17.7 Å². The Morgan fingerprint density at radius 1 is 1.18 bits per heavy atom. The van der Waals surface area contributed by atoms with Gasteiger partial charge >= 0.3 is 6.18 Å². The average Bonchev–Trinajstić information content (AvgIpc) is 2.28. The van der Waals surface area contributed by atoms with Gasteiger partial charge in [0, 0.05) is 5.56 Å². The molecule has 1 radical (unpaired) electrons. The summed E-state index contributed by atoms with van der Waals surface area (Å²) in [5.74, 6) is -0.931. The summed E-state index contributed by atoms with van der Waals surface area (Å²) in [7, 11) is 0. The summed E-state index contributed by atoms with van der Waals surface area (Å²) in [6.45, 7) is 0. The first-order valence-electron chi connectivity index (χ1n) is 4.54. The highest BCUT2D eigenvalue weighted by atomic mass is 19.4. The minimum Gasteiger partial charge on any atom is -0.258 e. The lowest BCUT2D eigenvalue weighted by Gasteiger charge is -2.11. The van der Waals surface area contributed by atoms with Crippen molar-refractivity contribution in [1.82, 2.24) is 9.97 Å². The van der Waals surface area contributed by atoms with E-state index >= 15 is 0 Å². The molecule has 2 aromatic rings. The fourth-order valence-corrected chi connectivity index (χ4v) is 1.36. The van der Waals surface area contributed by atoms with Crippen LogP contribution in [0.5, 0.6) is 0 Å². The molecule has 0 aliphatic heterocycles. The molecular weight excluding hydrogens is 236 g/mol. The molecule has 2 nitrogen and oxygen atoms in total. The zero-order chi connectivity index (χ0) is 12.5. The monoisotopic (exact) mass is 241 g/mol. The molecule has 0 spiro atoms. The molecule has 0 aliphatic carbocycles. The van der Waals surface area contributed by atoms with Gasteiger partial charge in [-0.15, -0.1) is 0 Å². The van der Waals surface area contributed by atoms with Crippen LogP contribution in [0, 0.1) is 12.0 Å². The molecule has 17 heavy (non-hydrogen) atoms. The van der Waals surface area contributed by atoms with Crippen LogP contribution in [0.3, 0.4) is 0 Å². The van der Waals surface area contributed by atoms with Crippen LogP contribution >= 0.6 is 0 Å². The molecule has 0 fully saturated rings. The lowest BCUT2D eigenvalue weighted by Crippen LogP contribution is -2.08. The normalized spacial score (nSPS) is 11.5. The lowest BCUT2D eigenvalue weighted by atomic mass is 10.0. The number of hydrogen-bond acceptors (Lipinski definition) is 2. The minimum absolute atomic E-state index is 0.172. The quantitative estimate of drug-likeness (QED) is 0.717. The fourth-order valence-electron chi connectivity index (χ4n) is 1.36. The van der Waals surface area contributed by atoms with Crippen LogP contribution in [0.25, 0.3) is 11.3 Å². The highest BCUT2D eigenvalue weighted by Gasteiger charge is 2.34. The molecule has 0 amide bonds. The third-order valence-corrected chi connectivity index (χ3v) is 2.02. The van der Waals surface area contributed by atoms with Crippen molar-refractivity contribution in [2.75, 3.05) is 0 Å². The van der Waals surface area contributed by atoms with E-state index in [2.05, 4.69) is 16.0 Å². The van der Waals surface area contributed by atoms with Crippen molar-refractivity contribution in [3.8, 4) is 11.3 Å². The van der Waals surface area contributed by atoms with Crippen molar-refractivity contribution in [2.45, 2.75) is 6.18 Å². The smallest absolute Gasteiger partial charge is 0.258 e. The van der Waals surface area contributed by atoms with Crippen molar-refractivity contribution in [2.24, 2.45) is 0 Å². The molecule has 0 N–H and O–H groups in total. The third kappa shape index (κ3) is 2.41. The van der Waals surface area contributed by atoms with Crippen LogP contribution in [-0.4, -0.2) is 9.97 Å². The second-order valence-corrected chi connectivity index (χ2v) is 3.18. The van der Waals surface area contributed by atoms with Crippen LogP contribution in [0.1, 0.15) is 5.56 Å². The molecule has 0 bridgehead atoms. The van der Waals surface area contributed by atoms with E-state index in [-0.39, 0.29) is 11.3 Å². The maximum atomic E-state index is 12.8. The molecule has 1 aromatic carbocycles. The number of rotatable bonds is 1. The summed E-state index contributed by atoms with van der Waals surface area (Å²) in [4.78, 5) is 6.83. The number of nitrogens with zero attached hydrogens (tertiary/aromatic N) is 2. The van der Waals surface area contributed by atoms with Gasteiger partial charge in [0.25, 0.3) is 0 Å². The molecule has 1 aromatic heterocycles. The topological polar surface area (TPSA) is 25.8 Å². The SMILES string of the molecule is Fc1cncc(-c2ccc[c]c2C(F)(F)F)n1. The van der Waals surface area contributed by atoms with Gasteiger partial charge in [-0.1, -0.05) is 18.2 Å². The van der Waals surface area contributed by atoms with E-state index in [1.165, 1.54) is 12.1 Å². The Balaban J connectivity index is 2.60. The van der Waals surface area contributed by atoms with Gasteiger partial charge in [0.05, 0.1) is 23.7 Å². The van der Waals surface area contributed by atoms with Crippen LogP contribution in [0.4, 0.5) is 17.6 Å². The first-order valence-corrected chi connectivity index (χ1v) is 4.54. The summed E-state index contributed by atoms with van der Waals surface area (Å²) in [5, 5.41) is 0. The first kappa shape index (κ1) is 11.5. The first-order chi connectivity index (χ1) is 7.98. The van der Waals surface area contributed by atoms with E-state index in [4.69, 9.17) is 0 Å². The van der Waals surface area contributed by atoms with E-state index in [0.29, 0.717) is 0 Å². The zero-order valence-corrected chi connectivity index (χ0v) is 8.29. The zero-order valence-electron chi connectivity index (χ0n) is 8.29. The van der Waals surface area contributed by atoms with Crippen molar-refractivity contribution in [1.29, 1.82) is 0 Å². The van der Waals surface area contributed by atoms with Gasteiger partial charge in [-0.25, -0.2) is 4.98 Å². The van der Waals surface area contributed by atoms with Crippen LogP contribution in [0.15, 0.2) is 30.6 Å². The molecule has 0 saturated carbocycles. The third-order valence-electron chi connectivity index (χ3n) is 2.02. The molecule has 0 atom stereocenters. The maximum absolute atomic E-state index is 12.8. The molecular formula is C11H5F4N2. The second kappa shape index (κ2) is 4.12. The number of benzene rings is 1. The van der Waals surface area contributed by atoms with Gasteiger partial charge in [-0.05, 0) is 6.07 Å². The Labute approximate surface area is 94.0 Å². The van der Waals surface area contributed by atoms with Crippen molar-refractivity contribution in [3.05, 3.63) is 48.2 Å². The second-order valence-electron chi connectivity index (χ2n) is 3.18. The molecule has 0 aliphatic rings. The molecule has 1 heterocycles. The predicted octanol–water partition coefficient (Wildman–Crippen LogP) is 3.10. The summed E-state index contributed by atoms with van der Waals surface area (Å²) < 4.78 is 50.8. The van der Waals surface area contributed by atoms with Crippen molar-refractivity contribution < 1.29 is 17.6 Å². The van der Waals surface area contributed by atoms with E-state index in [1.54, 1.807) is 0 Å². The summed E-state index contributed by atoms with van der Waals surface area (Å²) >= 11 is 0. The Bertz CT molecular complexity index is 537. The Morgan fingerprint density at radius 3 is 2.59 bits per heavy atom. The van der Waals surface area contributed by atoms with E-state index in [0.717, 1.165) is 18.5 Å². The fraction of sp³-hybridized carbons (Fsp3) is 0.0909. The summed E-state index contributed by atoms with van der Waals surface area (Å²) in [6.07, 6.45) is -2.67. The van der Waals surface area contributed by atoms with Gasteiger partial charge < -0.3 is 0 Å². The molecule has 6 heteroatoms. The summed E-state index contributed by atoms with van der Waals surface area (Å²) in [6, 6.07) is 5.79. The molecule has 2 rings (SSSR count). The van der Waals surface area contributed by atoms with Crippen LogP contribution < -0.4 is 0 Å². The average molecular weight is 241 g/mol. The standard InChI is InChI=1S/C11H5F4N2/c12-10-6-16-5-9(17-10)7-3-1-2-4-8(7)11(13,14)15/h1-3,5-6H. The lowest BCUT2D eigenvalue weighted by molar-refractivity contribution is -0.137. The van der Waals surface area contributed by atoms with Gasteiger partial charge in [0.2, 0.25) is 5.95 Å². The van der Waals surface area contributed by atoms with Gasteiger partial charge in [0.1, 0.15) is 0 Å². The highest BCUT2D eigenvalue weighted by Crippen LogP contribution is 2.35. The Hall–Kier alpha value is -1.98. The largest absolute Gasteiger partial charge is 0.417 e. The molecule has 0 unspecified atom stereocenters. The number of halogens is 4. The molecule has 87 valence electrons.